The molecule has 1 saturated heterocycles. The Morgan fingerprint density at radius 3 is 2.47 bits per heavy atom. The Kier molecular flexibility index (Phi) is 4.81. The monoisotopic (exact) mass is 212 g/mol. The van der Waals surface area contributed by atoms with Gasteiger partial charge in [0.15, 0.2) is 6.29 Å². The van der Waals surface area contributed by atoms with Crippen molar-refractivity contribution in [3.05, 3.63) is 12.2 Å². The molecule has 1 aliphatic heterocycles. The SMILES string of the molecule is CC=C[C@H](C)C1OCC(C)(CCC)CO1. The van der Waals surface area contributed by atoms with E-state index in [4.69, 9.17) is 9.47 Å². The van der Waals surface area contributed by atoms with Crippen LogP contribution in [0.15, 0.2) is 12.2 Å². The van der Waals surface area contributed by atoms with Crippen LogP contribution in [0, 0.1) is 11.3 Å². The van der Waals surface area contributed by atoms with Gasteiger partial charge in [-0.25, -0.2) is 0 Å². The predicted octanol–water partition coefficient (Wildman–Crippen LogP) is 3.38. The molecule has 88 valence electrons. The summed E-state index contributed by atoms with van der Waals surface area (Å²) >= 11 is 0. The van der Waals surface area contributed by atoms with E-state index in [2.05, 4.69) is 32.9 Å². The second kappa shape index (κ2) is 5.66. The van der Waals surface area contributed by atoms with Gasteiger partial charge in [0.1, 0.15) is 0 Å². The van der Waals surface area contributed by atoms with Crippen molar-refractivity contribution < 1.29 is 9.47 Å². The van der Waals surface area contributed by atoms with E-state index >= 15 is 0 Å². The molecule has 0 aromatic carbocycles. The second-order valence-electron chi connectivity index (χ2n) is 4.94. The van der Waals surface area contributed by atoms with Gasteiger partial charge in [-0.05, 0) is 13.3 Å². The lowest BCUT2D eigenvalue weighted by Gasteiger charge is -2.38. The summed E-state index contributed by atoms with van der Waals surface area (Å²) in [5, 5.41) is 0. The van der Waals surface area contributed by atoms with Crippen molar-refractivity contribution in [1.82, 2.24) is 0 Å². The van der Waals surface area contributed by atoms with Gasteiger partial charge in [0.05, 0.1) is 13.2 Å². The Balaban J connectivity index is 2.41. The maximum atomic E-state index is 5.79. The highest BCUT2D eigenvalue weighted by atomic mass is 16.7. The number of allylic oxidation sites excluding steroid dienone is 1. The van der Waals surface area contributed by atoms with Crippen LogP contribution in [-0.4, -0.2) is 19.5 Å². The molecular weight excluding hydrogens is 188 g/mol. The Bertz CT molecular complexity index is 203. The smallest absolute Gasteiger partial charge is 0.163 e. The van der Waals surface area contributed by atoms with Gasteiger partial charge in [0.2, 0.25) is 0 Å². The number of hydrogen-bond donors (Lipinski definition) is 0. The van der Waals surface area contributed by atoms with Gasteiger partial charge >= 0.3 is 0 Å². The molecular formula is C13H24O2. The fourth-order valence-electron chi connectivity index (χ4n) is 2.10. The maximum Gasteiger partial charge on any atom is 0.163 e. The van der Waals surface area contributed by atoms with Crippen LogP contribution < -0.4 is 0 Å². The molecule has 0 bridgehead atoms. The summed E-state index contributed by atoms with van der Waals surface area (Å²) in [6, 6.07) is 0. The molecule has 2 heteroatoms. The third kappa shape index (κ3) is 3.62. The fourth-order valence-corrected chi connectivity index (χ4v) is 2.10. The molecule has 2 nitrogen and oxygen atoms in total. The molecule has 15 heavy (non-hydrogen) atoms. The molecule has 1 heterocycles. The Hall–Kier alpha value is -0.340. The first-order chi connectivity index (χ1) is 7.11. The summed E-state index contributed by atoms with van der Waals surface area (Å²) in [6.07, 6.45) is 6.51. The molecule has 0 aromatic rings. The van der Waals surface area contributed by atoms with E-state index in [-0.39, 0.29) is 11.7 Å². The highest BCUT2D eigenvalue weighted by Crippen LogP contribution is 2.31. The van der Waals surface area contributed by atoms with E-state index < -0.39 is 0 Å². The van der Waals surface area contributed by atoms with Gasteiger partial charge in [-0.15, -0.1) is 0 Å². The van der Waals surface area contributed by atoms with Crippen molar-refractivity contribution in [2.45, 2.75) is 46.8 Å². The molecule has 1 fully saturated rings. The van der Waals surface area contributed by atoms with Gasteiger partial charge in [-0.3, -0.25) is 0 Å². The summed E-state index contributed by atoms with van der Waals surface area (Å²) in [4.78, 5) is 0. The van der Waals surface area contributed by atoms with Crippen LogP contribution in [0.2, 0.25) is 0 Å². The lowest BCUT2D eigenvalue weighted by molar-refractivity contribution is -0.239. The minimum atomic E-state index is -0.0499. The number of rotatable bonds is 4. The van der Waals surface area contributed by atoms with E-state index in [9.17, 15) is 0 Å². The second-order valence-corrected chi connectivity index (χ2v) is 4.94. The van der Waals surface area contributed by atoms with Crippen LogP contribution in [0.3, 0.4) is 0 Å². The first-order valence-corrected chi connectivity index (χ1v) is 5.97. The Morgan fingerprint density at radius 1 is 1.40 bits per heavy atom. The van der Waals surface area contributed by atoms with Crippen LogP contribution in [-0.2, 0) is 9.47 Å². The Morgan fingerprint density at radius 2 is 2.00 bits per heavy atom. The molecule has 0 saturated carbocycles. The molecule has 1 aliphatic rings. The number of ether oxygens (including phenoxy) is 2. The predicted molar refractivity (Wildman–Crippen MR) is 62.7 cm³/mol. The lowest BCUT2D eigenvalue weighted by Crippen LogP contribution is -2.41. The maximum absolute atomic E-state index is 5.79. The average Bonchev–Trinajstić information content (AvgIpc) is 2.19. The van der Waals surface area contributed by atoms with E-state index in [0.29, 0.717) is 5.92 Å². The quantitative estimate of drug-likeness (QED) is 0.665. The zero-order chi connectivity index (χ0) is 11.3. The molecule has 0 aliphatic carbocycles. The van der Waals surface area contributed by atoms with E-state index in [0.717, 1.165) is 13.2 Å². The summed E-state index contributed by atoms with van der Waals surface area (Å²) < 4.78 is 11.6. The standard InChI is InChI=1S/C13H24O2/c1-5-7-11(3)12-14-9-13(4,8-6-2)10-15-12/h5,7,11-12H,6,8-10H2,1-4H3/t11-,12?,13?/m0/s1. The summed E-state index contributed by atoms with van der Waals surface area (Å²) in [7, 11) is 0. The largest absolute Gasteiger partial charge is 0.351 e. The van der Waals surface area contributed by atoms with Crippen molar-refractivity contribution in [1.29, 1.82) is 0 Å². The van der Waals surface area contributed by atoms with Gasteiger partial charge in [0, 0.05) is 11.3 Å². The summed E-state index contributed by atoms with van der Waals surface area (Å²) in [5.41, 5.74) is 0.223. The normalized spacial score (nSPS) is 34.5. The van der Waals surface area contributed by atoms with Gasteiger partial charge in [-0.2, -0.15) is 0 Å². The zero-order valence-electron chi connectivity index (χ0n) is 10.5. The molecule has 0 amide bonds. The zero-order valence-corrected chi connectivity index (χ0v) is 10.5. The van der Waals surface area contributed by atoms with E-state index in [1.807, 2.05) is 6.92 Å². The lowest BCUT2D eigenvalue weighted by atomic mass is 9.87. The van der Waals surface area contributed by atoms with Crippen LogP contribution in [0.1, 0.15) is 40.5 Å². The molecule has 0 spiro atoms. The summed E-state index contributed by atoms with van der Waals surface area (Å²) in [5.74, 6) is 0.348. The fraction of sp³-hybridized carbons (Fsp3) is 0.846. The third-order valence-corrected chi connectivity index (χ3v) is 2.97. The van der Waals surface area contributed by atoms with Crippen molar-refractivity contribution in [3.8, 4) is 0 Å². The first-order valence-electron chi connectivity index (χ1n) is 5.97. The molecule has 1 rings (SSSR count). The average molecular weight is 212 g/mol. The minimum absolute atomic E-state index is 0.0499. The molecule has 1 atom stereocenters. The van der Waals surface area contributed by atoms with Crippen LogP contribution in [0.25, 0.3) is 0 Å². The van der Waals surface area contributed by atoms with Gasteiger partial charge < -0.3 is 9.47 Å². The molecule has 0 aromatic heterocycles. The highest BCUT2D eigenvalue weighted by molar-refractivity contribution is 4.87. The van der Waals surface area contributed by atoms with Gasteiger partial charge in [-0.1, -0.05) is 39.3 Å². The van der Waals surface area contributed by atoms with Crippen molar-refractivity contribution in [2.75, 3.05) is 13.2 Å². The van der Waals surface area contributed by atoms with Crippen molar-refractivity contribution >= 4 is 0 Å². The minimum Gasteiger partial charge on any atom is -0.351 e. The first kappa shape index (κ1) is 12.7. The Labute approximate surface area is 93.7 Å². The van der Waals surface area contributed by atoms with Gasteiger partial charge in [0.25, 0.3) is 0 Å². The number of hydrogen-bond acceptors (Lipinski definition) is 2. The van der Waals surface area contributed by atoms with E-state index in [1.165, 1.54) is 12.8 Å². The summed E-state index contributed by atoms with van der Waals surface area (Å²) in [6.45, 7) is 10.3. The van der Waals surface area contributed by atoms with Crippen molar-refractivity contribution in [2.24, 2.45) is 11.3 Å². The topological polar surface area (TPSA) is 18.5 Å². The van der Waals surface area contributed by atoms with E-state index in [1.54, 1.807) is 0 Å². The van der Waals surface area contributed by atoms with Crippen LogP contribution in [0.5, 0.6) is 0 Å². The van der Waals surface area contributed by atoms with Crippen LogP contribution >= 0.6 is 0 Å². The van der Waals surface area contributed by atoms with Crippen LogP contribution in [0.4, 0.5) is 0 Å². The third-order valence-electron chi connectivity index (χ3n) is 2.97. The molecule has 0 N–H and O–H groups in total. The molecule has 0 unspecified atom stereocenters. The molecule has 0 radical (unpaired) electrons. The van der Waals surface area contributed by atoms with Crippen molar-refractivity contribution in [3.63, 3.8) is 0 Å². The highest BCUT2D eigenvalue weighted by Gasteiger charge is 2.33.